The molecule has 0 aliphatic heterocycles. The first-order chi connectivity index (χ1) is 13.1. The van der Waals surface area contributed by atoms with Gasteiger partial charge in [-0.1, -0.05) is 56.9 Å². The molecule has 1 unspecified atom stereocenters. The van der Waals surface area contributed by atoms with Crippen LogP contribution in [0.25, 0.3) is 0 Å². The van der Waals surface area contributed by atoms with Crippen molar-refractivity contribution in [3.8, 4) is 6.07 Å². The number of benzene rings is 2. The van der Waals surface area contributed by atoms with Crippen molar-refractivity contribution in [3.63, 3.8) is 0 Å². The molecule has 0 aromatic heterocycles. The van der Waals surface area contributed by atoms with Gasteiger partial charge in [-0.2, -0.15) is 5.26 Å². The van der Waals surface area contributed by atoms with E-state index in [0.29, 0.717) is 24.0 Å². The highest BCUT2D eigenvalue weighted by atomic mass is 19.1. The van der Waals surface area contributed by atoms with Crippen LogP contribution in [0.15, 0.2) is 30.3 Å². The van der Waals surface area contributed by atoms with Crippen molar-refractivity contribution in [1.29, 1.82) is 5.26 Å². The molecule has 1 aliphatic carbocycles. The van der Waals surface area contributed by atoms with Crippen LogP contribution in [-0.2, 0) is 19.3 Å². The van der Waals surface area contributed by atoms with Crippen LogP contribution < -0.4 is 0 Å². The fourth-order valence-electron chi connectivity index (χ4n) is 4.12. The summed E-state index contributed by atoms with van der Waals surface area (Å²) in [5, 5.41) is 8.93. The Labute approximate surface area is 161 Å². The average molecular weight is 367 g/mol. The smallest absolute Gasteiger partial charge is 0.147 e. The summed E-state index contributed by atoms with van der Waals surface area (Å²) in [5.74, 6) is -1.12. The van der Waals surface area contributed by atoms with Crippen molar-refractivity contribution in [2.45, 2.75) is 70.6 Å². The minimum absolute atomic E-state index is 0.280. The standard InChI is InChI=1S/C24H27F2N/c1-2-3-4-5-6-7-17-8-10-18(11-9-17)19-12-13-21-20(14-19)15-23(25)22(16-27)24(21)26/h8-11,15,19H,2-7,12-14H2,1H3. The van der Waals surface area contributed by atoms with Crippen molar-refractivity contribution in [1.82, 2.24) is 0 Å². The van der Waals surface area contributed by atoms with Crippen LogP contribution in [0, 0.1) is 23.0 Å². The van der Waals surface area contributed by atoms with Crippen LogP contribution in [-0.4, -0.2) is 0 Å². The van der Waals surface area contributed by atoms with Crippen LogP contribution in [0.1, 0.15) is 79.2 Å². The molecule has 0 saturated carbocycles. The van der Waals surface area contributed by atoms with Gasteiger partial charge in [-0.3, -0.25) is 0 Å². The van der Waals surface area contributed by atoms with Crippen molar-refractivity contribution in [2.75, 3.05) is 0 Å². The summed E-state index contributed by atoms with van der Waals surface area (Å²) in [4.78, 5) is 0. The maximum atomic E-state index is 14.3. The molecule has 0 amide bonds. The molecule has 0 heterocycles. The second kappa shape index (κ2) is 9.13. The zero-order chi connectivity index (χ0) is 19.2. The number of aryl methyl sites for hydroxylation is 1. The molecule has 3 rings (SSSR count). The highest BCUT2D eigenvalue weighted by molar-refractivity contribution is 5.44. The summed E-state index contributed by atoms with van der Waals surface area (Å²) in [6.45, 7) is 2.23. The largest absolute Gasteiger partial charge is 0.205 e. The molecule has 2 aromatic rings. The second-order valence-corrected chi connectivity index (χ2v) is 7.64. The van der Waals surface area contributed by atoms with E-state index in [1.165, 1.54) is 49.3 Å². The van der Waals surface area contributed by atoms with E-state index in [9.17, 15) is 8.78 Å². The Hall–Kier alpha value is -2.21. The van der Waals surface area contributed by atoms with Crippen molar-refractivity contribution >= 4 is 0 Å². The molecule has 1 atom stereocenters. The Morgan fingerprint density at radius 2 is 1.81 bits per heavy atom. The number of unbranched alkanes of at least 4 members (excludes halogenated alkanes) is 4. The van der Waals surface area contributed by atoms with E-state index >= 15 is 0 Å². The lowest BCUT2D eigenvalue weighted by molar-refractivity contribution is 0.519. The Kier molecular flexibility index (Phi) is 6.61. The van der Waals surface area contributed by atoms with Gasteiger partial charge >= 0.3 is 0 Å². The van der Waals surface area contributed by atoms with Crippen LogP contribution in [0.5, 0.6) is 0 Å². The number of fused-ring (bicyclic) bond motifs is 1. The maximum Gasteiger partial charge on any atom is 0.147 e. The van der Waals surface area contributed by atoms with Gasteiger partial charge in [0.15, 0.2) is 0 Å². The fourth-order valence-corrected chi connectivity index (χ4v) is 4.12. The predicted molar refractivity (Wildman–Crippen MR) is 105 cm³/mol. The Morgan fingerprint density at radius 3 is 2.52 bits per heavy atom. The van der Waals surface area contributed by atoms with Crippen molar-refractivity contribution in [2.24, 2.45) is 0 Å². The molecular weight excluding hydrogens is 340 g/mol. The van der Waals surface area contributed by atoms with Gasteiger partial charge in [0.2, 0.25) is 0 Å². The molecule has 0 bridgehead atoms. The van der Waals surface area contributed by atoms with Crippen LogP contribution >= 0.6 is 0 Å². The molecule has 1 nitrogen and oxygen atoms in total. The van der Waals surface area contributed by atoms with E-state index in [0.717, 1.165) is 12.8 Å². The van der Waals surface area contributed by atoms with Crippen molar-refractivity contribution in [3.05, 3.63) is 69.8 Å². The molecular formula is C24H27F2N. The molecule has 142 valence electrons. The van der Waals surface area contributed by atoms with Crippen molar-refractivity contribution < 1.29 is 8.78 Å². The third-order valence-corrected chi connectivity index (χ3v) is 5.75. The molecule has 27 heavy (non-hydrogen) atoms. The minimum Gasteiger partial charge on any atom is -0.205 e. The molecule has 0 radical (unpaired) electrons. The monoisotopic (exact) mass is 367 g/mol. The van der Waals surface area contributed by atoms with Gasteiger partial charge in [0, 0.05) is 0 Å². The Morgan fingerprint density at radius 1 is 1.07 bits per heavy atom. The summed E-state index contributed by atoms with van der Waals surface area (Å²) >= 11 is 0. The van der Waals surface area contributed by atoms with E-state index < -0.39 is 17.2 Å². The highest BCUT2D eigenvalue weighted by Crippen LogP contribution is 2.35. The minimum atomic E-state index is -0.743. The zero-order valence-electron chi connectivity index (χ0n) is 16.0. The number of halogens is 2. The van der Waals surface area contributed by atoms with Gasteiger partial charge in [0.25, 0.3) is 0 Å². The lowest BCUT2D eigenvalue weighted by Crippen LogP contribution is -2.16. The van der Waals surface area contributed by atoms with E-state index in [-0.39, 0.29) is 5.92 Å². The van der Waals surface area contributed by atoms with Crippen LogP contribution in [0.3, 0.4) is 0 Å². The first-order valence-corrected chi connectivity index (χ1v) is 10.1. The Bertz CT molecular complexity index is 818. The number of nitrogens with zero attached hydrogens (tertiary/aromatic N) is 1. The van der Waals surface area contributed by atoms with Gasteiger partial charge in [0.1, 0.15) is 23.3 Å². The Balaban J connectivity index is 1.64. The quantitative estimate of drug-likeness (QED) is 0.504. The highest BCUT2D eigenvalue weighted by Gasteiger charge is 2.26. The number of hydrogen-bond acceptors (Lipinski definition) is 1. The van der Waals surface area contributed by atoms with Crippen LogP contribution in [0.2, 0.25) is 0 Å². The number of hydrogen-bond donors (Lipinski definition) is 0. The summed E-state index contributed by atoms with van der Waals surface area (Å²) in [5.41, 5.74) is 3.38. The van der Waals surface area contributed by atoms with E-state index in [1.807, 2.05) is 0 Å². The normalized spacial score (nSPS) is 16.0. The molecule has 0 fully saturated rings. The summed E-state index contributed by atoms with van der Waals surface area (Å²) < 4.78 is 28.3. The fraction of sp³-hybridized carbons (Fsp3) is 0.458. The van der Waals surface area contributed by atoms with E-state index in [4.69, 9.17) is 5.26 Å². The molecule has 0 spiro atoms. The van der Waals surface area contributed by atoms with Gasteiger partial charge in [-0.25, -0.2) is 8.78 Å². The lowest BCUT2D eigenvalue weighted by Gasteiger charge is -2.26. The van der Waals surface area contributed by atoms with Crippen LogP contribution in [0.4, 0.5) is 8.78 Å². The molecule has 0 saturated heterocycles. The molecule has 0 N–H and O–H groups in total. The van der Waals surface area contributed by atoms with Gasteiger partial charge in [0.05, 0.1) is 0 Å². The van der Waals surface area contributed by atoms with E-state index in [1.54, 1.807) is 6.07 Å². The average Bonchev–Trinajstić information content (AvgIpc) is 2.68. The first kappa shape index (κ1) is 19.5. The van der Waals surface area contributed by atoms with Gasteiger partial charge in [-0.05, 0) is 66.3 Å². The molecule has 2 aromatic carbocycles. The first-order valence-electron chi connectivity index (χ1n) is 10.1. The third-order valence-electron chi connectivity index (χ3n) is 5.75. The maximum absolute atomic E-state index is 14.3. The number of nitriles is 1. The van der Waals surface area contributed by atoms with E-state index in [2.05, 4.69) is 31.2 Å². The molecule has 3 heteroatoms. The summed E-state index contributed by atoms with van der Waals surface area (Å²) in [7, 11) is 0. The zero-order valence-corrected chi connectivity index (χ0v) is 16.0. The number of rotatable bonds is 7. The van der Waals surface area contributed by atoms with Gasteiger partial charge < -0.3 is 0 Å². The topological polar surface area (TPSA) is 23.8 Å². The SMILES string of the molecule is CCCCCCCc1ccc(C2CCc3c(cc(F)c(C#N)c3F)C2)cc1. The second-order valence-electron chi connectivity index (χ2n) is 7.64. The summed E-state index contributed by atoms with van der Waals surface area (Å²) in [6, 6.07) is 11.7. The third kappa shape index (κ3) is 4.56. The molecule has 1 aliphatic rings. The predicted octanol–water partition coefficient (Wildman–Crippen LogP) is 6.62. The lowest BCUT2D eigenvalue weighted by atomic mass is 9.79. The van der Waals surface area contributed by atoms with Gasteiger partial charge in [-0.15, -0.1) is 0 Å². The summed E-state index contributed by atoms with van der Waals surface area (Å²) in [6.07, 6.45) is 9.56.